The fourth-order valence-corrected chi connectivity index (χ4v) is 3.23. The van der Waals surface area contributed by atoms with Gasteiger partial charge in [0.05, 0.1) is 0 Å². The van der Waals surface area contributed by atoms with Crippen molar-refractivity contribution in [2.45, 2.75) is 4.90 Å². The number of benzene rings is 3. The maximum atomic E-state index is 4.09. The van der Waals surface area contributed by atoms with E-state index in [2.05, 4.69) is 85.6 Å². The molecule has 0 aromatic heterocycles. The molecule has 3 aromatic rings. The van der Waals surface area contributed by atoms with Crippen LogP contribution in [0.3, 0.4) is 0 Å². The average molecular weight is 328 g/mol. The van der Waals surface area contributed by atoms with Gasteiger partial charge in [-0.05, 0) is 46.2 Å². The van der Waals surface area contributed by atoms with Crippen LogP contribution >= 0.6 is 11.8 Å². The summed E-state index contributed by atoms with van der Waals surface area (Å²) in [5, 5.41) is 0. The van der Waals surface area contributed by atoms with Gasteiger partial charge in [-0.2, -0.15) is 0 Å². The van der Waals surface area contributed by atoms with Crippen LogP contribution in [0.5, 0.6) is 0 Å². The number of rotatable bonds is 5. The Balaban J connectivity index is 2.23. The first-order valence-electron chi connectivity index (χ1n) is 7.95. The second-order valence-corrected chi connectivity index (χ2v) is 6.33. The summed E-state index contributed by atoms with van der Waals surface area (Å²) < 4.78 is 0. The molecule has 0 radical (unpaired) electrons. The number of thioether (sulfide) groups is 1. The second-order valence-electron chi connectivity index (χ2n) is 5.45. The van der Waals surface area contributed by atoms with Crippen molar-refractivity contribution in [3.63, 3.8) is 0 Å². The molecule has 0 fully saturated rings. The Morgan fingerprint density at radius 1 is 0.708 bits per heavy atom. The van der Waals surface area contributed by atoms with Crippen LogP contribution < -0.4 is 0 Å². The Morgan fingerprint density at radius 2 is 1.21 bits per heavy atom. The van der Waals surface area contributed by atoms with Gasteiger partial charge in [-0.15, -0.1) is 11.8 Å². The summed E-state index contributed by atoms with van der Waals surface area (Å²) in [6.07, 6.45) is 4.06. The highest BCUT2D eigenvalue weighted by Gasteiger charge is 2.11. The smallest absolute Gasteiger partial charge is 0.00695 e. The molecular formula is C23H20S. The van der Waals surface area contributed by atoms with E-state index in [1.165, 1.54) is 27.2 Å². The predicted molar refractivity (Wildman–Crippen MR) is 107 cm³/mol. The molecule has 0 aliphatic heterocycles. The minimum atomic E-state index is 1.15. The zero-order valence-corrected chi connectivity index (χ0v) is 14.6. The van der Waals surface area contributed by atoms with E-state index in [9.17, 15) is 0 Å². The van der Waals surface area contributed by atoms with Crippen LogP contribution in [0.4, 0.5) is 0 Å². The third-order valence-electron chi connectivity index (χ3n) is 4.00. The van der Waals surface area contributed by atoms with Gasteiger partial charge in [0.1, 0.15) is 0 Å². The SMILES string of the molecule is C=CC(=C(c1ccccc1)c1ccccc1)c1ccc(SC)cc1. The highest BCUT2D eigenvalue weighted by Crippen LogP contribution is 2.33. The van der Waals surface area contributed by atoms with Gasteiger partial charge in [-0.3, -0.25) is 0 Å². The van der Waals surface area contributed by atoms with E-state index in [1.54, 1.807) is 11.8 Å². The first-order chi connectivity index (χ1) is 11.8. The maximum Gasteiger partial charge on any atom is 0.00695 e. The normalized spacial score (nSPS) is 10.2. The van der Waals surface area contributed by atoms with Crippen LogP contribution in [0.25, 0.3) is 11.1 Å². The van der Waals surface area contributed by atoms with Gasteiger partial charge in [0.15, 0.2) is 0 Å². The largest absolute Gasteiger partial charge is 0.130 e. The minimum Gasteiger partial charge on any atom is -0.130 e. The monoisotopic (exact) mass is 328 g/mol. The van der Waals surface area contributed by atoms with E-state index in [0.717, 1.165) is 5.57 Å². The van der Waals surface area contributed by atoms with Gasteiger partial charge < -0.3 is 0 Å². The van der Waals surface area contributed by atoms with Gasteiger partial charge >= 0.3 is 0 Å². The third-order valence-corrected chi connectivity index (χ3v) is 4.74. The summed E-state index contributed by atoms with van der Waals surface area (Å²) in [4.78, 5) is 1.27. The Bertz CT molecular complexity index is 787. The molecule has 0 heterocycles. The van der Waals surface area contributed by atoms with Crippen molar-refractivity contribution in [3.05, 3.63) is 114 Å². The quantitative estimate of drug-likeness (QED) is 0.290. The fraction of sp³-hybridized carbons (Fsp3) is 0.0435. The number of hydrogen-bond acceptors (Lipinski definition) is 1. The summed E-state index contributed by atoms with van der Waals surface area (Å²) in [6, 6.07) is 29.7. The summed E-state index contributed by atoms with van der Waals surface area (Å²) >= 11 is 1.76. The van der Waals surface area contributed by atoms with Crippen LogP contribution in [0.2, 0.25) is 0 Å². The molecule has 0 aliphatic carbocycles. The molecule has 24 heavy (non-hydrogen) atoms. The number of hydrogen-bond donors (Lipinski definition) is 0. The summed E-state index contributed by atoms with van der Waals surface area (Å²) in [7, 11) is 0. The molecule has 118 valence electrons. The van der Waals surface area contributed by atoms with Crippen molar-refractivity contribution in [2.24, 2.45) is 0 Å². The van der Waals surface area contributed by atoms with Crippen LogP contribution in [0, 0.1) is 0 Å². The van der Waals surface area contributed by atoms with Crippen molar-refractivity contribution >= 4 is 22.9 Å². The molecule has 0 unspecified atom stereocenters. The lowest BCUT2D eigenvalue weighted by Crippen LogP contribution is -1.93. The summed E-state index contributed by atoms with van der Waals surface area (Å²) in [6.45, 7) is 4.09. The van der Waals surface area contributed by atoms with Gasteiger partial charge in [-0.25, -0.2) is 0 Å². The first-order valence-corrected chi connectivity index (χ1v) is 9.18. The molecule has 0 bridgehead atoms. The third kappa shape index (κ3) is 3.52. The van der Waals surface area contributed by atoms with Crippen molar-refractivity contribution in [3.8, 4) is 0 Å². The Labute approximate surface area is 148 Å². The van der Waals surface area contributed by atoms with Crippen LogP contribution in [0.15, 0.2) is 102 Å². The highest BCUT2D eigenvalue weighted by molar-refractivity contribution is 7.98. The van der Waals surface area contributed by atoms with E-state index in [4.69, 9.17) is 0 Å². The topological polar surface area (TPSA) is 0 Å². The standard InChI is InChI=1S/C23H20S/c1-3-22(18-14-16-21(24-2)17-15-18)23(19-10-6-4-7-11-19)20-12-8-5-9-13-20/h3-17H,1H2,2H3. The molecule has 0 saturated carbocycles. The highest BCUT2D eigenvalue weighted by atomic mass is 32.2. The minimum absolute atomic E-state index is 1.15. The molecule has 0 spiro atoms. The van der Waals surface area contributed by atoms with Gasteiger partial charge in [-0.1, -0.05) is 85.5 Å². The molecule has 3 aromatic carbocycles. The summed E-state index contributed by atoms with van der Waals surface area (Å²) in [5.41, 5.74) is 5.95. The number of allylic oxidation sites excluding steroid dienone is 2. The van der Waals surface area contributed by atoms with Crippen molar-refractivity contribution in [1.82, 2.24) is 0 Å². The first kappa shape index (κ1) is 16.4. The van der Waals surface area contributed by atoms with Crippen molar-refractivity contribution in [1.29, 1.82) is 0 Å². The van der Waals surface area contributed by atoms with Crippen molar-refractivity contribution in [2.75, 3.05) is 6.26 Å². The molecule has 1 heteroatoms. The van der Waals surface area contributed by atoms with Crippen molar-refractivity contribution < 1.29 is 0 Å². The van der Waals surface area contributed by atoms with Crippen LogP contribution in [-0.2, 0) is 0 Å². The second kappa shape index (κ2) is 7.85. The Kier molecular flexibility index (Phi) is 5.35. The van der Waals surface area contributed by atoms with Crippen LogP contribution in [-0.4, -0.2) is 6.26 Å². The lowest BCUT2D eigenvalue weighted by atomic mass is 9.89. The lowest BCUT2D eigenvalue weighted by molar-refractivity contribution is 1.44. The van der Waals surface area contributed by atoms with E-state index in [-0.39, 0.29) is 0 Å². The molecular weight excluding hydrogens is 308 g/mol. The molecule has 0 nitrogen and oxygen atoms in total. The Morgan fingerprint density at radius 3 is 1.62 bits per heavy atom. The molecule has 0 atom stereocenters. The zero-order chi connectivity index (χ0) is 16.8. The molecule has 0 N–H and O–H groups in total. The Hall–Kier alpha value is -2.51. The van der Waals surface area contributed by atoms with E-state index in [0.29, 0.717) is 0 Å². The molecule has 0 aliphatic rings. The predicted octanol–water partition coefficient (Wildman–Crippen LogP) is 6.55. The maximum absolute atomic E-state index is 4.09. The fourth-order valence-electron chi connectivity index (χ4n) is 2.82. The van der Waals surface area contributed by atoms with Gasteiger partial charge in [0.25, 0.3) is 0 Å². The molecule has 0 amide bonds. The van der Waals surface area contributed by atoms with E-state index >= 15 is 0 Å². The molecule has 0 saturated heterocycles. The van der Waals surface area contributed by atoms with E-state index < -0.39 is 0 Å². The zero-order valence-electron chi connectivity index (χ0n) is 13.8. The van der Waals surface area contributed by atoms with Crippen LogP contribution in [0.1, 0.15) is 16.7 Å². The lowest BCUT2D eigenvalue weighted by Gasteiger charge is -2.15. The van der Waals surface area contributed by atoms with Gasteiger partial charge in [0, 0.05) is 4.90 Å². The summed E-state index contributed by atoms with van der Waals surface area (Å²) in [5.74, 6) is 0. The molecule has 3 rings (SSSR count). The van der Waals surface area contributed by atoms with E-state index in [1.807, 2.05) is 18.2 Å². The van der Waals surface area contributed by atoms with Gasteiger partial charge in [0.2, 0.25) is 0 Å². The average Bonchev–Trinajstić information content (AvgIpc) is 2.67.